The molecule has 1 aromatic heterocycles. The van der Waals surface area contributed by atoms with Gasteiger partial charge < -0.3 is 9.73 Å². The molecule has 122 valence electrons. The van der Waals surface area contributed by atoms with Gasteiger partial charge in [-0.2, -0.15) is 0 Å². The van der Waals surface area contributed by atoms with E-state index in [0.717, 1.165) is 21.3 Å². The standard InChI is InChI=1S/C18H15BrN2O2S/c1-12-4-2-7-15(8-12)21-17(22)11-24-18-20-10-16(23-18)13-5-3-6-14(19)9-13/h2-10H,11H2,1H3,(H,21,22). The van der Waals surface area contributed by atoms with Gasteiger partial charge in [-0.25, -0.2) is 4.98 Å². The average Bonchev–Trinajstić information content (AvgIpc) is 3.02. The van der Waals surface area contributed by atoms with Crippen molar-refractivity contribution in [2.75, 3.05) is 11.1 Å². The van der Waals surface area contributed by atoms with E-state index in [2.05, 4.69) is 26.2 Å². The second kappa shape index (κ2) is 7.68. The molecule has 0 aliphatic rings. The monoisotopic (exact) mass is 402 g/mol. The van der Waals surface area contributed by atoms with Crippen LogP contribution in [0.15, 0.2) is 68.8 Å². The molecular weight excluding hydrogens is 388 g/mol. The van der Waals surface area contributed by atoms with Crippen LogP contribution in [0.4, 0.5) is 5.69 Å². The molecule has 0 saturated carbocycles. The summed E-state index contributed by atoms with van der Waals surface area (Å²) in [7, 11) is 0. The lowest BCUT2D eigenvalue weighted by Crippen LogP contribution is -2.13. The molecule has 1 heterocycles. The molecule has 0 atom stereocenters. The number of carbonyl (C=O) groups excluding carboxylic acids is 1. The number of aryl methyl sites for hydroxylation is 1. The molecule has 0 radical (unpaired) electrons. The summed E-state index contributed by atoms with van der Waals surface area (Å²) in [5, 5.41) is 3.34. The highest BCUT2D eigenvalue weighted by Gasteiger charge is 2.10. The van der Waals surface area contributed by atoms with Crippen LogP contribution in [0.2, 0.25) is 0 Å². The topological polar surface area (TPSA) is 55.1 Å². The number of carbonyl (C=O) groups is 1. The SMILES string of the molecule is Cc1cccc(NC(=O)CSc2ncc(-c3cccc(Br)c3)o2)c1. The summed E-state index contributed by atoms with van der Waals surface area (Å²) in [5.74, 6) is 0.831. The first-order chi connectivity index (χ1) is 11.6. The van der Waals surface area contributed by atoms with Crippen LogP contribution >= 0.6 is 27.7 Å². The molecule has 0 bridgehead atoms. The maximum Gasteiger partial charge on any atom is 0.256 e. The van der Waals surface area contributed by atoms with Gasteiger partial charge in [0.05, 0.1) is 11.9 Å². The second-order valence-electron chi connectivity index (χ2n) is 5.21. The van der Waals surface area contributed by atoms with Crippen molar-refractivity contribution >= 4 is 39.3 Å². The van der Waals surface area contributed by atoms with E-state index in [1.807, 2.05) is 55.5 Å². The number of halogens is 1. The Labute approximate surface area is 152 Å². The summed E-state index contributed by atoms with van der Waals surface area (Å²) in [6, 6.07) is 15.5. The molecule has 0 aliphatic carbocycles. The number of benzene rings is 2. The van der Waals surface area contributed by atoms with E-state index in [-0.39, 0.29) is 11.7 Å². The van der Waals surface area contributed by atoms with Gasteiger partial charge in [0.2, 0.25) is 5.91 Å². The van der Waals surface area contributed by atoms with E-state index >= 15 is 0 Å². The maximum atomic E-state index is 12.0. The van der Waals surface area contributed by atoms with Gasteiger partial charge in [0.1, 0.15) is 0 Å². The number of nitrogens with zero attached hydrogens (tertiary/aromatic N) is 1. The molecule has 0 spiro atoms. The number of oxazole rings is 1. The van der Waals surface area contributed by atoms with Crippen molar-refractivity contribution in [2.24, 2.45) is 0 Å². The smallest absolute Gasteiger partial charge is 0.256 e. The van der Waals surface area contributed by atoms with Gasteiger partial charge in [0, 0.05) is 15.7 Å². The van der Waals surface area contributed by atoms with Crippen molar-refractivity contribution in [1.82, 2.24) is 4.98 Å². The zero-order chi connectivity index (χ0) is 16.9. The van der Waals surface area contributed by atoms with Crippen molar-refractivity contribution in [1.29, 1.82) is 0 Å². The Kier molecular flexibility index (Phi) is 5.37. The molecule has 3 aromatic rings. The van der Waals surface area contributed by atoms with Crippen molar-refractivity contribution in [3.05, 3.63) is 64.8 Å². The fraction of sp³-hybridized carbons (Fsp3) is 0.111. The second-order valence-corrected chi connectivity index (χ2v) is 7.05. The maximum absolute atomic E-state index is 12.0. The van der Waals surface area contributed by atoms with Crippen molar-refractivity contribution in [3.63, 3.8) is 0 Å². The van der Waals surface area contributed by atoms with Crippen LogP contribution in [-0.2, 0) is 4.79 Å². The molecule has 1 amide bonds. The quantitative estimate of drug-likeness (QED) is 0.599. The predicted octanol–water partition coefficient (Wildman–Crippen LogP) is 5.14. The normalized spacial score (nSPS) is 10.6. The van der Waals surface area contributed by atoms with E-state index in [0.29, 0.717) is 11.0 Å². The highest BCUT2D eigenvalue weighted by atomic mass is 79.9. The summed E-state index contributed by atoms with van der Waals surface area (Å²) in [4.78, 5) is 16.2. The fourth-order valence-electron chi connectivity index (χ4n) is 2.15. The van der Waals surface area contributed by atoms with Gasteiger partial charge >= 0.3 is 0 Å². The highest BCUT2D eigenvalue weighted by molar-refractivity contribution is 9.10. The molecule has 3 rings (SSSR count). The van der Waals surface area contributed by atoms with Crippen LogP contribution in [0.1, 0.15) is 5.56 Å². The van der Waals surface area contributed by atoms with Crippen molar-refractivity contribution in [2.45, 2.75) is 12.1 Å². The minimum Gasteiger partial charge on any atom is -0.431 e. The number of thioether (sulfide) groups is 1. The molecule has 4 nitrogen and oxygen atoms in total. The molecule has 24 heavy (non-hydrogen) atoms. The Morgan fingerprint density at radius 1 is 1.25 bits per heavy atom. The van der Waals surface area contributed by atoms with E-state index in [1.165, 1.54) is 11.8 Å². The van der Waals surface area contributed by atoms with Crippen LogP contribution in [0, 0.1) is 6.92 Å². The summed E-state index contributed by atoms with van der Waals surface area (Å²) in [5.41, 5.74) is 2.84. The molecule has 0 unspecified atom stereocenters. The minimum atomic E-state index is -0.0900. The Hall–Kier alpha value is -2.05. The largest absolute Gasteiger partial charge is 0.431 e. The van der Waals surface area contributed by atoms with Crippen LogP contribution in [0.25, 0.3) is 11.3 Å². The summed E-state index contributed by atoms with van der Waals surface area (Å²) in [6.45, 7) is 1.99. The predicted molar refractivity (Wildman–Crippen MR) is 100 cm³/mol. The lowest BCUT2D eigenvalue weighted by atomic mass is 10.2. The lowest BCUT2D eigenvalue weighted by molar-refractivity contribution is -0.113. The first-order valence-corrected chi connectivity index (χ1v) is 9.09. The van der Waals surface area contributed by atoms with Crippen molar-refractivity contribution in [3.8, 4) is 11.3 Å². The summed E-state index contributed by atoms with van der Waals surface area (Å²) >= 11 is 4.70. The van der Waals surface area contributed by atoms with E-state index in [9.17, 15) is 4.79 Å². The number of hydrogen-bond acceptors (Lipinski definition) is 4. The summed E-state index contributed by atoms with van der Waals surface area (Å²) < 4.78 is 6.67. The third kappa shape index (κ3) is 4.49. The van der Waals surface area contributed by atoms with E-state index in [4.69, 9.17) is 4.42 Å². The fourth-order valence-corrected chi connectivity index (χ4v) is 3.15. The molecule has 6 heteroatoms. The first-order valence-electron chi connectivity index (χ1n) is 7.31. The number of anilines is 1. The van der Waals surface area contributed by atoms with Gasteiger partial charge in [-0.1, -0.05) is 52.0 Å². The zero-order valence-electron chi connectivity index (χ0n) is 13.0. The zero-order valence-corrected chi connectivity index (χ0v) is 15.4. The van der Waals surface area contributed by atoms with Gasteiger partial charge in [0.25, 0.3) is 5.22 Å². The molecule has 0 saturated heterocycles. The highest BCUT2D eigenvalue weighted by Crippen LogP contribution is 2.27. The Morgan fingerprint density at radius 3 is 2.88 bits per heavy atom. The van der Waals surface area contributed by atoms with Gasteiger partial charge in [-0.3, -0.25) is 4.79 Å². The average molecular weight is 403 g/mol. The van der Waals surface area contributed by atoms with Crippen LogP contribution < -0.4 is 5.32 Å². The van der Waals surface area contributed by atoms with E-state index in [1.54, 1.807) is 6.20 Å². The third-order valence-electron chi connectivity index (χ3n) is 3.22. The molecule has 0 aliphatic heterocycles. The van der Waals surface area contributed by atoms with Gasteiger partial charge in [0.15, 0.2) is 5.76 Å². The van der Waals surface area contributed by atoms with E-state index < -0.39 is 0 Å². The van der Waals surface area contributed by atoms with Gasteiger partial charge in [-0.15, -0.1) is 0 Å². The molecule has 2 aromatic carbocycles. The van der Waals surface area contributed by atoms with Crippen LogP contribution in [-0.4, -0.2) is 16.6 Å². The Balaban J connectivity index is 1.58. The van der Waals surface area contributed by atoms with Crippen LogP contribution in [0.3, 0.4) is 0 Å². The number of hydrogen-bond donors (Lipinski definition) is 1. The number of amides is 1. The van der Waals surface area contributed by atoms with Gasteiger partial charge in [-0.05, 0) is 36.8 Å². The van der Waals surface area contributed by atoms with Crippen LogP contribution in [0.5, 0.6) is 0 Å². The molecule has 0 fully saturated rings. The summed E-state index contributed by atoms with van der Waals surface area (Å²) in [6.07, 6.45) is 1.67. The number of nitrogens with one attached hydrogen (secondary N) is 1. The Morgan fingerprint density at radius 2 is 2.08 bits per heavy atom. The Bertz CT molecular complexity index is 863. The number of aromatic nitrogens is 1. The lowest BCUT2D eigenvalue weighted by Gasteiger charge is -2.04. The van der Waals surface area contributed by atoms with Crippen molar-refractivity contribution < 1.29 is 9.21 Å². The first kappa shape index (κ1) is 16.8. The molecular formula is C18H15BrN2O2S. The number of rotatable bonds is 5. The minimum absolute atomic E-state index is 0.0900. The third-order valence-corrected chi connectivity index (χ3v) is 4.56. The molecule has 1 N–H and O–H groups in total.